The molecule has 2 aromatic heterocycles. The maximum Gasteiger partial charge on any atom is 0.246 e. The van der Waals surface area contributed by atoms with Gasteiger partial charge in [-0.15, -0.1) is 22.7 Å². The number of nitrogens with zero attached hydrogens (tertiary/aromatic N) is 2. The Balaban J connectivity index is 0.000000155. The summed E-state index contributed by atoms with van der Waals surface area (Å²) >= 11 is 3.57. The monoisotopic (exact) mass is 538 g/mol. The largest absolute Gasteiger partial charge is 0.334 e. The lowest BCUT2D eigenvalue weighted by Crippen LogP contribution is -2.36. The van der Waals surface area contributed by atoms with E-state index in [-0.39, 0.29) is 23.7 Å². The van der Waals surface area contributed by atoms with E-state index in [1.165, 1.54) is 44.2 Å². The molecule has 0 bridgehead atoms. The van der Waals surface area contributed by atoms with Crippen molar-refractivity contribution in [3.8, 4) is 0 Å². The first-order valence-corrected chi connectivity index (χ1v) is 14.4. The SMILES string of the molecule is C=CC(=O)N1Cc2ccsc2[C@@H](c2ccccc2)C1.C=CC(=O)N1Cc2ccsc2[C@H](c2ccccc2)C1. The molecule has 0 saturated carbocycles. The zero-order valence-corrected chi connectivity index (χ0v) is 22.8. The third-order valence-corrected chi connectivity index (χ3v) is 9.24. The van der Waals surface area contributed by atoms with Gasteiger partial charge in [0.05, 0.1) is 0 Å². The molecule has 4 heterocycles. The van der Waals surface area contributed by atoms with Crippen molar-refractivity contribution in [1.82, 2.24) is 9.80 Å². The van der Waals surface area contributed by atoms with Crippen molar-refractivity contribution in [1.29, 1.82) is 0 Å². The lowest BCUT2D eigenvalue weighted by molar-refractivity contribution is -0.127. The average Bonchev–Trinajstić information content (AvgIpc) is 3.66. The fraction of sp³-hybridized carbons (Fsp3) is 0.188. The summed E-state index contributed by atoms with van der Waals surface area (Å²) in [5.74, 6) is 0.596. The number of hydrogen-bond donors (Lipinski definition) is 0. The van der Waals surface area contributed by atoms with Gasteiger partial charge in [0, 0.05) is 47.8 Å². The van der Waals surface area contributed by atoms with Gasteiger partial charge in [-0.2, -0.15) is 0 Å². The number of carbonyl (C=O) groups excluding carboxylic acids is 2. The second-order valence-electron chi connectivity index (χ2n) is 9.39. The molecule has 192 valence electrons. The zero-order valence-electron chi connectivity index (χ0n) is 21.2. The van der Waals surface area contributed by atoms with Crippen molar-refractivity contribution in [3.63, 3.8) is 0 Å². The molecule has 0 aliphatic carbocycles. The number of fused-ring (bicyclic) bond motifs is 2. The predicted molar refractivity (Wildman–Crippen MR) is 156 cm³/mol. The normalized spacial score (nSPS) is 17.9. The van der Waals surface area contributed by atoms with Gasteiger partial charge in [-0.3, -0.25) is 9.59 Å². The van der Waals surface area contributed by atoms with Crippen LogP contribution in [0.4, 0.5) is 0 Å². The molecule has 4 nitrogen and oxygen atoms in total. The lowest BCUT2D eigenvalue weighted by atomic mass is 9.91. The van der Waals surface area contributed by atoms with Crippen LogP contribution in [-0.2, 0) is 22.7 Å². The minimum atomic E-state index is 0.0118. The van der Waals surface area contributed by atoms with Crippen molar-refractivity contribution < 1.29 is 9.59 Å². The summed E-state index contributed by atoms with van der Waals surface area (Å²) in [5.41, 5.74) is 5.07. The molecule has 0 saturated heterocycles. The van der Waals surface area contributed by atoms with Crippen molar-refractivity contribution in [2.24, 2.45) is 0 Å². The first kappa shape index (κ1) is 25.9. The molecule has 2 aromatic carbocycles. The van der Waals surface area contributed by atoms with Gasteiger partial charge < -0.3 is 9.80 Å². The molecule has 4 aromatic rings. The van der Waals surface area contributed by atoms with E-state index < -0.39 is 0 Å². The highest BCUT2D eigenvalue weighted by Gasteiger charge is 2.30. The minimum absolute atomic E-state index is 0.0118. The highest BCUT2D eigenvalue weighted by atomic mass is 32.1. The Morgan fingerprint density at radius 1 is 0.658 bits per heavy atom. The number of benzene rings is 2. The van der Waals surface area contributed by atoms with Gasteiger partial charge in [-0.05, 0) is 57.3 Å². The zero-order chi connectivity index (χ0) is 26.5. The summed E-state index contributed by atoms with van der Waals surface area (Å²) in [4.78, 5) is 30.3. The Labute approximate surface area is 232 Å². The maximum absolute atomic E-state index is 11.9. The number of thiophene rings is 2. The van der Waals surface area contributed by atoms with Crippen LogP contribution in [0.15, 0.2) is 109 Å². The maximum atomic E-state index is 11.9. The summed E-state index contributed by atoms with van der Waals surface area (Å²) in [6.07, 6.45) is 2.80. The minimum Gasteiger partial charge on any atom is -0.334 e. The van der Waals surface area contributed by atoms with Crippen LogP contribution in [0.1, 0.15) is 43.8 Å². The summed E-state index contributed by atoms with van der Waals surface area (Å²) < 4.78 is 0. The Hall–Kier alpha value is -3.74. The fourth-order valence-corrected chi connectivity index (χ4v) is 7.27. The number of rotatable bonds is 4. The Kier molecular flexibility index (Phi) is 8.01. The highest BCUT2D eigenvalue weighted by Crippen LogP contribution is 2.38. The molecular weight excluding hydrogens is 508 g/mol. The van der Waals surface area contributed by atoms with Crippen molar-refractivity contribution in [3.05, 3.63) is 141 Å². The summed E-state index contributed by atoms with van der Waals surface area (Å²) in [6, 6.07) is 25.0. The van der Waals surface area contributed by atoms with E-state index in [9.17, 15) is 9.59 Å². The summed E-state index contributed by atoms with van der Waals surface area (Å²) in [5, 5.41) is 4.23. The average molecular weight is 539 g/mol. The Morgan fingerprint density at radius 3 is 1.42 bits per heavy atom. The number of hydrogen-bond acceptors (Lipinski definition) is 4. The summed E-state index contributed by atoms with van der Waals surface area (Å²) in [6.45, 7) is 10.1. The quantitative estimate of drug-likeness (QED) is 0.268. The summed E-state index contributed by atoms with van der Waals surface area (Å²) in [7, 11) is 0. The molecule has 0 unspecified atom stereocenters. The van der Waals surface area contributed by atoms with Crippen LogP contribution < -0.4 is 0 Å². The van der Waals surface area contributed by atoms with Crippen LogP contribution in [0.5, 0.6) is 0 Å². The lowest BCUT2D eigenvalue weighted by Gasteiger charge is -2.32. The molecule has 6 heteroatoms. The van der Waals surface area contributed by atoms with Gasteiger partial charge >= 0.3 is 0 Å². The highest BCUT2D eigenvalue weighted by molar-refractivity contribution is 7.10. The van der Waals surface area contributed by atoms with E-state index in [4.69, 9.17) is 0 Å². The standard InChI is InChI=1S/2C16H15NOS/c2*1-2-15(18)17-10-13-8-9-19-16(13)14(11-17)12-6-4-3-5-7-12/h2*2-9,14H,1,10-11H2/t2*14-/m10/s1. The van der Waals surface area contributed by atoms with E-state index >= 15 is 0 Å². The molecule has 2 aliphatic rings. The van der Waals surface area contributed by atoms with Crippen LogP contribution >= 0.6 is 22.7 Å². The molecule has 0 fully saturated rings. The molecule has 38 heavy (non-hydrogen) atoms. The van der Waals surface area contributed by atoms with E-state index in [0.717, 1.165) is 13.1 Å². The molecule has 0 spiro atoms. The number of amides is 2. The van der Waals surface area contributed by atoms with Gasteiger partial charge in [-0.25, -0.2) is 0 Å². The van der Waals surface area contributed by atoms with Crippen molar-refractivity contribution in [2.45, 2.75) is 24.9 Å². The molecular formula is C32H30N2O2S2. The Morgan fingerprint density at radius 2 is 1.05 bits per heavy atom. The molecule has 0 radical (unpaired) electrons. The number of carbonyl (C=O) groups is 2. The van der Waals surface area contributed by atoms with E-state index in [2.05, 4.69) is 84.6 Å². The van der Waals surface area contributed by atoms with E-state index in [1.54, 1.807) is 22.7 Å². The van der Waals surface area contributed by atoms with Crippen LogP contribution in [0, 0.1) is 0 Å². The first-order valence-electron chi connectivity index (χ1n) is 12.6. The first-order chi connectivity index (χ1) is 18.6. The molecule has 6 rings (SSSR count). The van der Waals surface area contributed by atoms with Gasteiger partial charge in [0.2, 0.25) is 11.8 Å². The van der Waals surface area contributed by atoms with Crippen LogP contribution in [0.2, 0.25) is 0 Å². The van der Waals surface area contributed by atoms with Gasteiger partial charge in [-0.1, -0.05) is 73.8 Å². The van der Waals surface area contributed by atoms with Gasteiger partial charge in [0.25, 0.3) is 0 Å². The topological polar surface area (TPSA) is 40.6 Å². The van der Waals surface area contributed by atoms with Crippen LogP contribution in [-0.4, -0.2) is 34.7 Å². The molecule has 0 N–H and O–H groups in total. The second kappa shape index (κ2) is 11.8. The van der Waals surface area contributed by atoms with E-state index in [1.807, 2.05) is 21.9 Å². The smallest absolute Gasteiger partial charge is 0.246 e. The van der Waals surface area contributed by atoms with E-state index in [0.29, 0.717) is 13.1 Å². The van der Waals surface area contributed by atoms with Gasteiger partial charge in [0.15, 0.2) is 0 Å². The van der Waals surface area contributed by atoms with Crippen molar-refractivity contribution >= 4 is 34.5 Å². The Bertz CT molecular complexity index is 1310. The molecule has 2 aliphatic heterocycles. The molecule has 2 amide bonds. The molecule has 2 atom stereocenters. The van der Waals surface area contributed by atoms with Gasteiger partial charge in [0.1, 0.15) is 0 Å². The second-order valence-corrected chi connectivity index (χ2v) is 11.3. The van der Waals surface area contributed by atoms with Crippen LogP contribution in [0.25, 0.3) is 0 Å². The third kappa shape index (κ3) is 5.42. The predicted octanol–water partition coefficient (Wildman–Crippen LogP) is 6.82. The van der Waals surface area contributed by atoms with Crippen LogP contribution in [0.3, 0.4) is 0 Å². The van der Waals surface area contributed by atoms with Crippen molar-refractivity contribution in [2.75, 3.05) is 13.1 Å². The third-order valence-electron chi connectivity index (χ3n) is 7.10. The fourth-order valence-electron chi connectivity index (χ4n) is 5.19.